The second kappa shape index (κ2) is 6.49. The number of carbonyl (C=O) groups is 1. The fraction of sp³-hybridized carbons (Fsp3) is 0.125. The van der Waals surface area contributed by atoms with Gasteiger partial charge in [0.05, 0.1) is 35.2 Å². The van der Waals surface area contributed by atoms with Crippen molar-refractivity contribution in [1.29, 1.82) is 0 Å². The summed E-state index contributed by atoms with van der Waals surface area (Å²) in [5.74, 6) is -1.43. The van der Waals surface area contributed by atoms with Crippen molar-refractivity contribution in [3.8, 4) is 0 Å². The van der Waals surface area contributed by atoms with Crippen molar-refractivity contribution in [2.24, 2.45) is 0 Å². The standard InChI is InChI=1S/C16H8Cl2F3N5O3/c17-11-12(18)25(5-22-11)4-9-10(15(28)29)24-13-14(27)23-7-3-6(16(19,20)21)1-2-8(7)26(9)13/h1-3,5H,4H2,(H,23,27)(H,28,29). The van der Waals surface area contributed by atoms with Gasteiger partial charge < -0.3 is 14.7 Å². The lowest BCUT2D eigenvalue weighted by atomic mass is 10.2. The SMILES string of the molecule is O=C(O)c1nc2c(=O)[nH]c3cc(C(F)(F)F)ccc3n2c1Cn1cnc(Cl)c1Cl. The molecule has 0 aliphatic carbocycles. The van der Waals surface area contributed by atoms with E-state index in [1.54, 1.807) is 0 Å². The molecule has 29 heavy (non-hydrogen) atoms. The lowest BCUT2D eigenvalue weighted by Gasteiger charge is -2.11. The van der Waals surface area contributed by atoms with Crippen LogP contribution in [-0.4, -0.2) is 35.0 Å². The summed E-state index contributed by atoms with van der Waals surface area (Å²) < 4.78 is 41.6. The number of imidazole rings is 2. The smallest absolute Gasteiger partial charge is 0.416 e. The van der Waals surface area contributed by atoms with Gasteiger partial charge in [0.15, 0.2) is 10.8 Å². The molecule has 0 fully saturated rings. The molecule has 3 heterocycles. The molecule has 0 bridgehead atoms. The maximum Gasteiger partial charge on any atom is 0.416 e. The first kappa shape index (κ1) is 19.3. The van der Waals surface area contributed by atoms with Gasteiger partial charge in [-0.1, -0.05) is 23.2 Å². The van der Waals surface area contributed by atoms with Crippen LogP contribution >= 0.6 is 23.2 Å². The molecule has 1 aromatic carbocycles. The second-order valence-electron chi connectivity index (χ2n) is 6.01. The number of nitrogens with one attached hydrogen (secondary N) is 1. The van der Waals surface area contributed by atoms with E-state index in [0.717, 1.165) is 18.2 Å². The third kappa shape index (κ3) is 3.12. The number of rotatable bonds is 3. The van der Waals surface area contributed by atoms with E-state index in [1.807, 2.05) is 0 Å². The number of benzene rings is 1. The molecule has 0 amide bonds. The lowest BCUT2D eigenvalue weighted by Crippen LogP contribution is -2.14. The van der Waals surface area contributed by atoms with E-state index in [1.165, 1.54) is 15.3 Å². The van der Waals surface area contributed by atoms with Gasteiger partial charge in [-0.2, -0.15) is 13.2 Å². The second-order valence-corrected chi connectivity index (χ2v) is 6.73. The number of H-pyrrole nitrogens is 1. The molecule has 4 aromatic rings. The van der Waals surface area contributed by atoms with Gasteiger partial charge in [0.2, 0.25) is 5.65 Å². The van der Waals surface area contributed by atoms with Crippen LogP contribution in [0.1, 0.15) is 21.7 Å². The predicted molar refractivity (Wildman–Crippen MR) is 96.6 cm³/mol. The van der Waals surface area contributed by atoms with Gasteiger partial charge in [0.1, 0.15) is 5.15 Å². The average Bonchev–Trinajstić information content (AvgIpc) is 3.17. The lowest BCUT2D eigenvalue weighted by molar-refractivity contribution is -0.137. The summed E-state index contributed by atoms with van der Waals surface area (Å²) in [6.45, 7) is -0.194. The quantitative estimate of drug-likeness (QED) is 0.502. The molecule has 0 unspecified atom stereocenters. The van der Waals surface area contributed by atoms with E-state index < -0.39 is 29.0 Å². The number of alkyl halides is 3. The summed E-state index contributed by atoms with van der Waals surface area (Å²) in [6, 6.07) is 2.72. The number of hydrogen-bond donors (Lipinski definition) is 2. The van der Waals surface area contributed by atoms with Gasteiger partial charge in [0, 0.05) is 0 Å². The number of carboxylic acids is 1. The molecule has 4 rings (SSSR count). The number of halogens is 5. The molecule has 0 aliphatic heterocycles. The largest absolute Gasteiger partial charge is 0.476 e. The number of carboxylic acid groups (broad SMARTS) is 1. The highest BCUT2D eigenvalue weighted by molar-refractivity contribution is 6.40. The summed E-state index contributed by atoms with van der Waals surface area (Å²) in [5, 5.41) is 9.51. The average molecular weight is 446 g/mol. The molecular weight excluding hydrogens is 438 g/mol. The number of aromatic amines is 1. The number of aromatic carboxylic acids is 1. The van der Waals surface area contributed by atoms with Crippen molar-refractivity contribution in [2.75, 3.05) is 0 Å². The number of fused-ring (bicyclic) bond motifs is 3. The zero-order valence-corrected chi connectivity index (χ0v) is 15.5. The first-order chi connectivity index (χ1) is 13.6. The Labute approximate surface area is 168 Å². The third-order valence-corrected chi connectivity index (χ3v) is 5.01. The Morgan fingerprint density at radius 3 is 2.59 bits per heavy atom. The summed E-state index contributed by atoms with van der Waals surface area (Å²) in [5.41, 5.74) is -2.55. The highest BCUT2D eigenvalue weighted by atomic mass is 35.5. The normalized spacial score (nSPS) is 12.2. The minimum Gasteiger partial charge on any atom is -0.476 e. The zero-order chi connectivity index (χ0) is 21.1. The van der Waals surface area contributed by atoms with Gasteiger partial charge in [-0.3, -0.25) is 9.20 Å². The first-order valence-electron chi connectivity index (χ1n) is 7.82. The molecule has 0 saturated carbocycles. The molecule has 8 nitrogen and oxygen atoms in total. The van der Waals surface area contributed by atoms with Gasteiger partial charge >= 0.3 is 12.1 Å². The van der Waals surface area contributed by atoms with E-state index >= 15 is 0 Å². The Morgan fingerprint density at radius 1 is 1.28 bits per heavy atom. The molecule has 0 spiro atoms. The van der Waals surface area contributed by atoms with Crippen LogP contribution in [0.3, 0.4) is 0 Å². The monoisotopic (exact) mass is 445 g/mol. The van der Waals surface area contributed by atoms with Crippen LogP contribution in [0, 0.1) is 0 Å². The van der Waals surface area contributed by atoms with Gasteiger partial charge in [-0.15, -0.1) is 0 Å². The number of aromatic nitrogens is 5. The van der Waals surface area contributed by atoms with E-state index in [2.05, 4.69) is 15.0 Å². The highest BCUT2D eigenvalue weighted by Gasteiger charge is 2.31. The van der Waals surface area contributed by atoms with Crippen LogP contribution in [0.15, 0.2) is 29.3 Å². The molecule has 0 aliphatic rings. The third-order valence-electron chi connectivity index (χ3n) is 4.24. The fourth-order valence-electron chi connectivity index (χ4n) is 2.98. The van der Waals surface area contributed by atoms with Crippen molar-refractivity contribution in [3.63, 3.8) is 0 Å². The Morgan fingerprint density at radius 2 is 2.00 bits per heavy atom. The van der Waals surface area contributed by atoms with Crippen LogP contribution in [0.5, 0.6) is 0 Å². The van der Waals surface area contributed by atoms with Crippen LogP contribution in [0.4, 0.5) is 13.2 Å². The molecule has 0 radical (unpaired) electrons. The molecule has 13 heteroatoms. The van der Waals surface area contributed by atoms with Gasteiger partial charge in [0.25, 0.3) is 5.56 Å². The molecule has 0 atom stereocenters. The fourth-order valence-corrected chi connectivity index (χ4v) is 3.29. The molecule has 0 saturated heterocycles. The van der Waals surface area contributed by atoms with Crippen molar-refractivity contribution >= 4 is 45.9 Å². The van der Waals surface area contributed by atoms with Crippen molar-refractivity contribution in [2.45, 2.75) is 12.7 Å². The van der Waals surface area contributed by atoms with Gasteiger partial charge in [-0.25, -0.2) is 14.8 Å². The zero-order valence-electron chi connectivity index (χ0n) is 14.0. The van der Waals surface area contributed by atoms with Crippen LogP contribution in [-0.2, 0) is 12.7 Å². The van der Waals surface area contributed by atoms with Crippen molar-refractivity contribution < 1.29 is 23.1 Å². The summed E-state index contributed by atoms with van der Waals surface area (Å²) in [7, 11) is 0. The minimum absolute atomic E-state index is 0.0133. The summed E-state index contributed by atoms with van der Waals surface area (Å²) in [6.07, 6.45) is -3.36. The minimum atomic E-state index is -4.62. The molecule has 150 valence electrons. The van der Waals surface area contributed by atoms with Crippen LogP contribution < -0.4 is 5.56 Å². The van der Waals surface area contributed by atoms with Crippen LogP contribution in [0.25, 0.3) is 16.7 Å². The Balaban J connectivity index is 2.06. The topological polar surface area (TPSA) is 105 Å². The molecule has 3 aromatic heterocycles. The highest BCUT2D eigenvalue weighted by Crippen LogP contribution is 2.31. The molecule has 2 N–H and O–H groups in total. The number of nitrogens with zero attached hydrogens (tertiary/aromatic N) is 4. The summed E-state index contributed by atoms with van der Waals surface area (Å²) >= 11 is 11.8. The van der Waals surface area contributed by atoms with Gasteiger partial charge in [-0.05, 0) is 18.2 Å². The maximum absolute atomic E-state index is 13.0. The summed E-state index contributed by atoms with van der Waals surface area (Å²) in [4.78, 5) is 34.0. The Hall–Kier alpha value is -3.05. The Bertz CT molecular complexity index is 1360. The van der Waals surface area contributed by atoms with E-state index in [-0.39, 0.29) is 39.2 Å². The van der Waals surface area contributed by atoms with Crippen molar-refractivity contribution in [1.82, 2.24) is 23.9 Å². The van der Waals surface area contributed by atoms with Crippen molar-refractivity contribution in [3.05, 3.63) is 62.1 Å². The number of hydrogen-bond acceptors (Lipinski definition) is 4. The van der Waals surface area contributed by atoms with Crippen LogP contribution in [0.2, 0.25) is 10.3 Å². The van der Waals surface area contributed by atoms with E-state index in [9.17, 15) is 27.9 Å². The first-order valence-corrected chi connectivity index (χ1v) is 8.57. The maximum atomic E-state index is 13.0. The molecular formula is C16H8Cl2F3N5O3. The van der Waals surface area contributed by atoms with E-state index in [0.29, 0.717) is 0 Å². The predicted octanol–water partition coefficient (Wildman–Crippen LogP) is 3.44. The van der Waals surface area contributed by atoms with E-state index in [4.69, 9.17) is 23.2 Å². The Kier molecular flexibility index (Phi) is 4.32.